The van der Waals surface area contributed by atoms with Crippen LogP contribution in [0, 0.1) is 17.0 Å². The van der Waals surface area contributed by atoms with E-state index < -0.39 is 16.5 Å². The number of halogens is 1. The Kier molecular flexibility index (Phi) is 3.43. The van der Waals surface area contributed by atoms with Crippen LogP contribution in [0.25, 0.3) is 0 Å². The number of nitrogens with zero attached hydrogens (tertiary/aromatic N) is 3. The van der Waals surface area contributed by atoms with Crippen LogP contribution in [-0.2, 0) is 0 Å². The summed E-state index contributed by atoms with van der Waals surface area (Å²) in [6.07, 6.45) is 2.44. The summed E-state index contributed by atoms with van der Waals surface area (Å²) in [5.41, 5.74) is 0.219. The fourth-order valence-corrected chi connectivity index (χ4v) is 1.57. The SMILES string of the molecule is Cc1nccc(NC(=O)c2[nH]ncc2[N+](=O)[O-])c1Cl. The Bertz CT molecular complexity index is 654. The molecule has 98 valence electrons. The number of rotatable bonds is 3. The molecule has 0 unspecified atom stereocenters. The van der Waals surface area contributed by atoms with Gasteiger partial charge in [0.1, 0.15) is 6.20 Å². The Labute approximate surface area is 112 Å². The van der Waals surface area contributed by atoms with Crippen molar-refractivity contribution in [2.24, 2.45) is 0 Å². The number of nitrogens with one attached hydrogen (secondary N) is 2. The van der Waals surface area contributed by atoms with Crippen molar-refractivity contribution in [2.45, 2.75) is 6.92 Å². The molecule has 0 radical (unpaired) electrons. The first-order valence-electron chi connectivity index (χ1n) is 5.11. The van der Waals surface area contributed by atoms with E-state index in [1.165, 1.54) is 12.3 Å². The van der Waals surface area contributed by atoms with Gasteiger partial charge in [-0.3, -0.25) is 25.0 Å². The highest BCUT2D eigenvalue weighted by molar-refractivity contribution is 6.34. The Hall–Kier alpha value is -2.48. The molecule has 2 heterocycles. The molecule has 0 bridgehead atoms. The molecule has 0 aliphatic rings. The molecule has 2 rings (SSSR count). The standard InChI is InChI=1S/C10H8ClN5O3/c1-5-8(11)6(2-3-12-5)14-10(17)9-7(16(18)19)4-13-15-9/h2-4H,1H3,(H,13,15)(H,12,14,17). The van der Waals surface area contributed by atoms with Gasteiger partial charge in [-0.15, -0.1) is 0 Å². The summed E-state index contributed by atoms with van der Waals surface area (Å²) < 4.78 is 0. The first-order chi connectivity index (χ1) is 9.00. The van der Waals surface area contributed by atoms with Crippen LogP contribution >= 0.6 is 11.6 Å². The van der Waals surface area contributed by atoms with Crippen molar-refractivity contribution >= 4 is 28.9 Å². The first-order valence-corrected chi connectivity index (χ1v) is 5.48. The van der Waals surface area contributed by atoms with Crippen molar-refractivity contribution in [1.82, 2.24) is 15.2 Å². The number of H-pyrrole nitrogens is 1. The summed E-state index contributed by atoms with van der Waals surface area (Å²) in [5.74, 6) is -0.697. The van der Waals surface area contributed by atoms with E-state index in [9.17, 15) is 14.9 Å². The zero-order valence-corrected chi connectivity index (χ0v) is 10.4. The molecule has 9 heteroatoms. The molecular weight excluding hydrogens is 274 g/mol. The summed E-state index contributed by atoms with van der Waals surface area (Å²) >= 11 is 5.96. The minimum absolute atomic E-state index is 0.240. The smallest absolute Gasteiger partial charge is 0.319 e. The maximum absolute atomic E-state index is 11.9. The summed E-state index contributed by atoms with van der Waals surface area (Å²) in [4.78, 5) is 25.8. The number of hydrogen-bond acceptors (Lipinski definition) is 5. The molecule has 0 spiro atoms. The van der Waals surface area contributed by atoms with E-state index in [-0.39, 0.29) is 10.7 Å². The van der Waals surface area contributed by atoms with Crippen LogP contribution < -0.4 is 5.32 Å². The van der Waals surface area contributed by atoms with Gasteiger partial charge in [0.25, 0.3) is 5.91 Å². The van der Waals surface area contributed by atoms with E-state index in [0.29, 0.717) is 11.4 Å². The van der Waals surface area contributed by atoms with Crippen LogP contribution in [0.2, 0.25) is 5.02 Å². The lowest BCUT2D eigenvalue weighted by atomic mass is 10.3. The molecule has 0 aliphatic heterocycles. The first kappa shape index (κ1) is 13.0. The maximum Gasteiger partial charge on any atom is 0.319 e. The van der Waals surface area contributed by atoms with Gasteiger partial charge < -0.3 is 5.32 Å². The summed E-state index contributed by atoms with van der Waals surface area (Å²) in [7, 11) is 0. The molecule has 2 N–H and O–H groups in total. The van der Waals surface area contributed by atoms with E-state index in [2.05, 4.69) is 20.5 Å². The fraction of sp³-hybridized carbons (Fsp3) is 0.100. The average molecular weight is 282 g/mol. The third kappa shape index (κ3) is 2.52. The van der Waals surface area contributed by atoms with Crippen LogP contribution in [0.5, 0.6) is 0 Å². The van der Waals surface area contributed by atoms with Crippen LogP contribution in [-0.4, -0.2) is 26.0 Å². The van der Waals surface area contributed by atoms with Gasteiger partial charge in [0.2, 0.25) is 5.69 Å². The lowest BCUT2D eigenvalue weighted by Crippen LogP contribution is -2.14. The van der Waals surface area contributed by atoms with Gasteiger partial charge in [-0.25, -0.2) is 0 Å². The molecule has 0 saturated carbocycles. The minimum atomic E-state index is -0.697. The van der Waals surface area contributed by atoms with E-state index in [4.69, 9.17) is 11.6 Å². The molecule has 0 fully saturated rings. The van der Waals surface area contributed by atoms with E-state index >= 15 is 0 Å². The van der Waals surface area contributed by atoms with Crippen molar-refractivity contribution in [3.63, 3.8) is 0 Å². The van der Waals surface area contributed by atoms with Crippen LogP contribution in [0.1, 0.15) is 16.2 Å². The fourth-order valence-electron chi connectivity index (χ4n) is 1.42. The van der Waals surface area contributed by atoms with Gasteiger partial charge in [-0.2, -0.15) is 5.10 Å². The highest BCUT2D eigenvalue weighted by atomic mass is 35.5. The largest absolute Gasteiger partial charge is 0.319 e. The second kappa shape index (κ2) is 5.02. The minimum Gasteiger partial charge on any atom is -0.319 e. The lowest BCUT2D eigenvalue weighted by Gasteiger charge is -2.06. The Morgan fingerprint density at radius 1 is 1.58 bits per heavy atom. The van der Waals surface area contributed by atoms with Crippen molar-refractivity contribution in [3.05, 3.63) is 45.0 Å². The number of nitro groups is 1. The topological polar surface area (TPSA) is 114 Å². The molecule has 8 nitrogen and oxygen atoms in total. The third-order valence-electron chi connectivity index (χ3n) is 2.35. The Morgan fingerprint density at radius 2 is 2.32 bits per heavy atom. The number of amides is 1. The molecular formula is C10H8ClN5O3. The van der Waals surface area contributed by atoms with Gasteiger partial charge in [-0.05, 0) is 13.0 Å². The molecule has 2 aromatic heterocycles. The third-order valence-corrected chi connectivity index (χ3v) is 2.83. The number of pyridine rings is 1. The number of carbonyl (C=O) groups is 1. The summed E-state index contributed by atoms with van der Waals surface area (Å²) in [5, 5.41) is 19.2. The highest BCUT2D eigenvalue weighted by Crippen LogP contribution is 2.24. The highest BCUT2D eigenvalue weighted by Gasteiger charge is 2.23. The van der Waals surface area contributed by atoms with Gasteiger partial charge in [0, 0.05) is 6.20 Å². The van der Waals surface area contributed by atoms with E-state index in [1.807, 2.05) is 0 Å². The number of anilines is 1. The second-order valence-electron chi connectivity index (χ2n) is 3.60. The summed E-state index contributed by atoms with van der Waals surface area (Å²) in [6, 6.07) is 1.50. The van der Waals surface area contributed by atoms with Gasteiger partial charge >= 0.3 is 5.69 Å². The quantitative estimate of drug-likeness (QED) is 0.659. The van der Waals surface area contributed by atoms with Gasteiger partial charge in [0.15, 0.2) is 0 Å². The second-order valence-corrected chi connectivity index (χ2v) is 3.98. The molecule has 19 heavy (non-hydrogen) atoms. The number of aryl methyl sites for hydroxylation is 1. The van der Waals surface area contributed by atoms with Crippen molar-refractivity contribution in [3.8, 4) is 0 Å². The summed E-state index contributed by atoms with van der Waals surface area (Å²) in [6.45, 7) is 1.68. The number of carbonyl (C=O) groups excluding carboxylic acids is 1. The van der Waals surface area contributed by atoms with Crippen LogP contribution in [0.3, 0.4) is 0 Å². The van der Waals surface area contributed by atoms with Crippen LogP contribution in [0.15, 0.2) is 18.5 Å². The number of aromatic nitrogens is 3. The molecule has 0 aromatic carbocycles. The molecule has 2 aromatic rings. The lowest BCUT2D eigenvalue weighted by molar-refractivity contribution is -0.385. The van der Waals surface area contributed by atoms with Gasteiger partial charge in [0.05, 0.1) is 21.3 Å². The van der Waals surface area contributed by atoms with E-state index in [0.717, 1.165) is 6.20 Å². The number of hydrogen-bond donors (Lipinski definition) is 2. The Balaban J connectivity index is 2.29. The molecule has 0 saturated heterocycles. The van der Waals surface area contributed by atoms with Crippen LogP contribution in [0.4, 0.5) is 11.4 Å². The van der Waals surface area contributed by atoms with Crippen molar-refractivity contribution in [2.75, 3.05) is 5.32 Å². The molecule has 1 amide bonds. The monoisotopic (exact) mass is 281 g/mol. The predicted octanol–water partition coefficient (Wildman–Crippen LogP) is 1.93. The Morgan fingerprint density at radius 3 is 3.00 bits per heavy atom. The van der Waals surface area contributed by atoms with Crippen molar-refractivity contribution < 1.29 is 9.72 Å². The zero-order valence-electron chi connectivity index (χ0n) is 9.68. The van der Waals surface area contributed by atoms with Crippen molar-refractivity contribution in [1.29, 1.82) is 0 Å². The number of aromatic amines is 1. The normalized spacial score (nSPS) is 10.2. The maximum atomic E-state index is 11.9. The molecule has 0 atom stereocenters. The average Bonchev–Trinajstić information content (AvgIpc) is 2.84. The zero-order chi connectivity index (χ0) is 14.0. The molecule has 0 aliphatic carbocycles. The predicted molar refractivity (Wildman–Crippen MR) is 67.2 cm³/mol. The van der Waals surface area contributed by atoms with E-state index in [1.54, 1.807) is 6.92 Å². The van der Waals surface area contributed by atoms with Gasteiger partial charge in [-0.1, -0.05) is 11.6 Å².